The molecule has 0 aliphatic heterocycles. The summed E-state index contributed by atoms with van der Waals surface area (Å²) in [6, 6.07) is 6.05. The van der Waals surface area contributed by atoms with Gasteiger partial charge in [0, 0.05) is 35.3 Å². The Kier molecular flexibility index (Phi) is 8.07. The molecule has 0 spiro atoms. The van der Waals surface area contributed by atoms with Crippen molar-refractivity contribution >= 4 is 58.8 Å². The van der Waals surface area contributed by atoms with Gasteiger partial charge in [0.15, 0.2) is 0 Å². The van der Waals surface area contributed by atoms with Crippen LogP contribution in [0.4, 0.5) is 0 Å². The molecule has 0 aliphatic rings. The van der Waals surface area contributed by atoms with Gasteiger partial charge in [-0.05, 0) is 24.3 Å². The molecule has 0 amide bonds. The molecule has 6 nitrogen and oxygen atoms in total. The average molecular weight is 464 g/mol. The molecule has 0 aromatic heterocycles. The zero-order chi connectivity index (χ0) is 20.8. The zero-order valence-corrected chi connectivity index (χ0v) is 18.1. The van der Waals surface area contributed by atoms with E-state index in [1.165, 1.54) is 24.6 Å². The van der Waals surface area contributed by atoms with Gasteiger partial charge in [-0.15, -0.1) is 0 Å². The normalized spacial score (nSPS) is 11.5. The summed E-state index contributed by atoms with van der Waals surface area (Å²) >= 11 is 23.6. The van der Waals surface area contributed by atoms with E-state index in [9.17, 15) is 10.2 Å². The number of hydrogen-bond acceptors (Lipinski definition) is 6. The van der Waals surface area contributed by atoms with Crippen molar-refractivity contribution in [2.75, 3.05) is 27.2 Å². The van der Waals surface area contributed by atoms with Crippen molar-refractivity contribution in [3.05, 3.63) is 55.5 Å². The molecule has 0 radical (unpaired) electrons. The molecule has 2 aromatic carbocycles. The van der Waals surface area contributed by atoms with Gasteiger partial charge in [0.2, 0.25) is 0 Å². The number of phenols is 2. The first-order valence-electron chi connectivity index (χ1n) is 8.03. The highest BCUT2D eigenvalue weighted by Gasteiger charge is 2.07. The van der Waals surface area contributed by atoms with Crippen LogP contribution in [0.1, 0.15) is 11.1 Å². The fraction of sp³-hybridized carbons (Fsp3) is 0.222. The first-order valence-corrected chi connectivity index (χ1v) is 9.55. The van der Waals surface area contributed by atoms with Gasteiger partial charge >= 0.3 is 0 Å². The zero-order valence-electron chi connectivity index (χ0n) is 15.1. The van der Waals surface area contributed by atoms with Crippen LogP contribution in [0.2, 0.25) is 20.1 Å². The topological polar surface area (TPSA) is 71.7 Å². The van der Waals surface area contributed by atoms with Gasteiger partial charge in [0.25, 0.3) is 0 Å². The number of hydrazone groups is 2. The van der Waals surface area contributed by atoms with Crippen LogP contribution in [0, 0.1) is 0 Å². The SMILES string of the molecule is CN(CCN(C)/N=C\c1cc(Cl)cc(Cl)c1O)/N=C\c1cc(Cl)cc(Cl)c1O. The molecule has 0 bridgehead atoms. The lowest BCUT2D eigenvalue weighted by atomic mass is 10.2. The van der Waals surface area contributed by atoms with Gasteiger partial charge in [0.05, 0.1) is 35.6 Å². The molecule has 0 atom stereocenters. The van der Waals surface area contributed by atoms with Gasteiger partial charge in [-0.1, -0.05) is 46.4 Å². The number of phenolic OH excluding ortho intramolecular Hbond substituents is 2. The minimum absolute atomic E-state index is 0.0788. The molecular weight excluding hydrogens is 446 g/mol. The third-order valence-corrected chi connectivity index (χ3v) is 4.66. The van der Waals surface area contributed by atoms with Crippen LogP contribution in [0.15, 0.2) is 34.5 Å². The first kappa shape index (κ1) is 22.4. The molecule has 0 saturated heterocycles. The Hall–Kier alpha value is -1.86. The highest BCUT2D eigenvalue weighted by atomic mass is 35.5. The molecule has 2 aromatic rings. The molecule has 0 unspecified atom stereocenters. The van der Waals surface area contributed by atoms with Crippen molar-refractivity contribution in [3.63, 3.8) is 0 Å². The lowest BCUT2D eigenvalue weighted by Crippen LogP contribution is -2.25. The van der Waals surface area contributed by atoms with Crippen LogP contribution in [0.25, 0.3) is 0 Å². The van der Waals surface area contributed by atoms with Gasteiger partial charge < -0.3 is 10.2 Å². The number of halogens is 4. The van der Waals surface area contributed by atoms with Crippen molar-refractivity contribution in [2.45, 2.75) is 0 Å². The number of aromatic hydroxyl groups is 2. The first-order chi connectivity index (χ1) is 13.2. The summed E-state index contributed by atoms with van der Waals surface area (Å²) in [6.07, 6.45) is 2.95. The van der Waals surface area contributed by atoms with Crippen molar-refractivity contribution < 1.29 is 10.2 Å². The van der Waals surface area contributed by atoms with Gasteiger partial charge in [-0.3, -0.25) is 10.0 Å². The van der Waals surface area contributed by atoms with E-state index < -0.39 is 0 Å². The van der Waals surface area contributed by atoms with Crippen molar-refractivity contribution in [3.8, 4) is 11.5 Å². The largest absolute Gasteiger partial charge is 0.506 e. The Balaban J connectivity index is 1.93. The highest BCUT2D eigenvalue weighted by molar-refractivity contribution is 6.36. The van der Waals surface area contributed by atoms with Gasteiger partial charge in [-0.25, -0.2) is 0 Å². The Morgan fingerprint density at radius 3 is 1.46 bits per heavy atom. The maximum absolute atomic E-state index is 9.93. The fourth-order valence-corrected chi connectivity index (χ4v) is 3.11. The third kappa shape index (κ3) is 6.34. The van der Waals surface area contributed by atoms with E-state index in [1.54, 1.807) is 36.2 Å². The van der Waals surface area contributed by atoms with Crippen LogP contribution in [-0.2, 0) is 0 Å². The van der Waals surface area contributed by atoms with E-state index >= 15 is 0 Å². The molecule has 2 rings (SSSR count). The summed E-state index contributed by atoms with van der Waals surface area (Å²) in [4.78, 5) is 0. The Morgan fingerprint density at radius 1 is 0.750 bits per heavy atom. The predicted octanol–water partition coefficient (Wildman–Crippen LogP) is 4.94. The fourth-order valence-electron chi connectivity index (χ4n) is 2.10. The van der Waals surface area contributed by atoms with Crippen molar-refractivity contribution in [2.24, 2.45) is 10.2 Å². The van der Waals surface area contributed by atoms with E-state index in [2.05, 4.69) is 10.2 Å². The van der Waals surface area contributed by atoms with E-state index in [0.29, 0.717) is 34.3 Å². The minimum Gasteiger partial charge on any atom is -0.506 e. The molecule has 0 aliphatic carbocycles. The molecule has 0 saturated carbocycles. The minimum atomic E-state index is -0.0788. The van der Waals surface area contributed by atoms with Crippen molar-refractivity contribution in [1.82, 2.24) is 10.0 Å². The van der Waals surface area contributed by atoms with Crippen LogP contribution in [0.5, 0.6) is 11.5 Å². The van der Waals surface area contributed by atoms with Crippen molar-refractivity contribution in [1.29, 1.82) is 0 Å². The van der Waals surface area contributed by atoms with Crippen LogP contribution in [0.3, 0.4) is 0 Å². The Labute approximate surface area is 183 Å². The van der Waals surface area contributed by atoms with Gasteiger partial charge in [-0.2, -0.15) is 10.2 Å². The summed E-state index contributed by atoms with van der Waals surface area (Å²) in [5.41, 5.74) is 0.841. The van der Waals surface area contributed by atoms with E-state index in [-0.39, 0.29) is 21.5 Å². The Morgan fingerprint density at radius 2 is 1.11 bits per heavy atom. The number of nitrogens with zero attached hydrogens (tertiary/aromatic N) is 4. The molecule has 28 heavy (non-hydrogen) atoms. The average Bonchev–Trinajstić information content (AvgIpc) is 2.63. The standard InChI is InChI=1S/C18H18Cl4N4O2/c1-25(23-9-11-5-13(19)7-15(21)17(11)27)3-4-26(2)24-10-12-6-14(20)8-16(22)18(12)28/h5-10,27-28H,3-4H2,1-2H3/b23-9-,24-10-. The monoisotopic (exact) mass is 462 g/mol. The number of hydrogen-bond donors (Lipinski definition) is 2. The van der Waals surface area contributed by atoms with Crippen LogP contribution >= 0.6 is 46.4 Å². The lowest BCUT2D eigenvalue weighted by Gasteiger charge is -2.18. The highest BCUT2D eigenvalue weighted by Crippen LogP contribution is 2.31. The summed E-state index contributed by atoms with van der Waals surface area (Å²) in [7, 11) is 3.56. The second-order valence-corrected chi connectivity index (χ2v) is 7.59. The Bertz CT molecular complexity index is 832. The molecule has 150 valence electrons. The second kappa shape index (κ2) is 10.1. The summed E-state index contributed by atoms with van der Waals surface area (Å²) in [5.74, 6) is -0.158. The molecule has 0 heterocycles. The number of benzene rings is 2. The predicted molar refractivity (Wildman–Crippen MR) is 117 cm³/mol. The van der Waals surface area contributed by atoms with E-state index in [4.69, 9.17) is 46.4 Å². The lowest BCUT2D eigenvalue weighted by molar-refractivity contribution is 0.272. The number of likely N-dealkylation sites (N-methyl/N-ethyl adjacent to an activating group) is 2. The number of rotatable bonds is 7. The summed E-state index contributed by atoms with van der Waals surface area (Å²) in [5, 5.41) is 32.8. The quantitative estimate of drug-likeness (QED) is 0.450. The molecule has 10 heteroatoms. The maximum Gasteiger partial charge on any atom is 0.143 e. The smallest absolute Gasteiger partial charge is 0.143 e. The third-order valence-electron chi connectivity index (χ3n) is 3.65. The summed E-state index contributed by atoms with van der Waals surface area (Å²) < 4.78 is 0. The van der Waals surface area contributed by atoms with E-state index in [1.807, 2.05) is 0 Å². The van der Waals surface area contributed by atoms with Gasteiger partial charge in [0.1, 0.15) is 11.5 Å². The van der Waals surface area contributed by atoms with E-state index in [0.717, 1.165) is 0 Å². The maximum atomic E-state index is 9.93. The molecular formula is C18H18Cl4N4O2. The van der Waals surface area contributed by atoms with Crippen LogP contribution in [-0.4, -0.2) is 59.8 Å². The molecule has 2 N–H and O–H groups in total. The second-order valence-electron chi connectivity index (χ2n) is 5.90. The molecule has 0 fully saturated rings. The van der Waals surface area contributed by atoms with Crippen LogP contribution < -0.4 is 0 Å². The summed E-state index contributed by atoms with van der Waals surface area (Å²) in [6.45, 7) is 1.09.